The number of nitrogens with one attached hydrogen (secondary N) is 2. The molecule has 1 amide bonds. The van der Waals surface area contributed by atoms with Crippen LogP contribution in [0.25, 0.3) is 5.69 Å². The van der Waals surface area contributed by atoms with Crippen molar-refractivity contribution in [3.05, 3.63) is 46.6 Å². The maximum Gasteiger partial charge on any atom is 0.330 e. The van der Waals surface area contributed by atoms with Crippen LogP contribution in [0.1, 0.15) is 25.0 Å². The minimum Gasteiger partial charge on any atom is -0.326 e. The number of hydrogen-bond acceptors (Lipinski definition) is 3. The van der Waals surface area contributed by atoms with Gasteiger partial charge in [0.25, 0.3) is 0 Å². The van der Waals surface area contributed by atoms with E-state index in [1.54, 1.807) is 10.8 Å². The Kier molecular flexibility index (Phi) is 4.91. The van der Waals surface area contributed by atoms with Gasteiger partial charge in [-0.1, -0.05) is 6.07 Å². The zero-order valence-corrected chi connectivity index (χ0v) is 14.0. The van der Waals surface area contributed by atoms with E-state index in [2.05, 4.69) is 10.3 Å². The van der Waals surface area contributed by atoms with Crippen LogP contribution >= 0.6 is 11.8 Å². The molecule has 0 atom stereocenters. The van der Waals surface area contributed by atoms with Gasteiger partial charge in [0.15, 0.2) is 0 Å². The van der Waals surface area contributed by atoms with E-state index in [1.165, 1.54) is 0 Å². The molecule has 122 valence electrons. The average Bonchev–Trinajstić information content (AvgIpc) is 2.87. The number of imidazole rings is 1. The molecule has 1 aliphatic heterocycles. The van der Waals surface area contributed by atoms with Gasteiger partial charge >= 0.3 is 5.69 Å². The van der Waals surface area contributed by atoms with Gasteiger partial charge in [-0.3, -0.25) is 9.36 Å². The van der Waals surface area contributed by atoms with E-state index >= 15 is 0 Å². The Morgan fingerprint density at radius 3 is 2.87 bits per heavy atom. The first-order chi connectivity index (χ1) is 11.1. The number of hydrogen-bond donors (Lipinski definition) is 2. The van der Waals surface area contributed by atoms with Crippen LogP contribution in [-0.2, 0) is 4.79 Å². The fourth-order valence-electron chi connectivity index (χ4n) is 2.92. The van der Waals surface area contributed by atoms with Gasteiger partial charge < -0.3 is 10.3 Å². The lowest BCUT2D eigenvalue weighted by atomic mass is 9.98. The molecule has 6 heteroatoms. The monoisotopic (exact) mass is 331 g/mol. The summed E-state index contributed by atoms with van der Waals surface area (Å²) in [6.45, 7) is 1.87. The van der Waals surface area contributed by atoms with Crippen molar-refractivity contribution in [2.24, 2.45) is 5.92 Å². The standard InChI is InChI=1S/C17H21N3O2S/c1-12-11-18-17(22)20(12)15-4-2-3-14(10-15)19-16(21)9-13-5-7-23-8-6-13/h2-4,10-11,13H,5-9H2,1H3,(H,18,22)(H,19,21). The summed E-state index contributed by atoms with van der Waals surface area (Å²) in [5.41, 5.74) is 2.13. The van der Waals surface area contributed by atoms with Crippen molar-refractivity contribution in [1.29, 1.82) is 0 Å². The average molecular weight is 331 g/mol. The van der Waals surface area contributed by atoms with Gasteiger partial charge in [-0.25, -0.2) is 4.79 Å². The predicted molar refractivity (Wildman–Crippen MR) is 94.4 cm³/mol. The van der Waals surface area contributed by atoms with E-state index in [0.717, 1.165) is 41.4 Å². The smallest absolute Gasteiger partial charge is 0.326 e. The van der Waals surface area contributed by atoms with E-state index in [0.29, 0.717) is 12.3 Å². The second-order valence-corrected chi connectivity index (χ2v) is 7.15. The third-order valence-corrected chi connectivity index (χ3v) is 5.21. The van der Waals surface area contributed by atoms with Gasteiger partial charge in [0, 0.05) is 24.0 Å². The molecule has 23 heavy (non-hydrogen) atoms. The summed E-state index contributed by atoms with van der Waals surface area (Å²) in [6.07, 6.45) is 4.49. The minimum atomic E-state index is -0.175. The third kappa shape index (κ3) is 3.88. The van der Waals surface area contributed by atoms with E-state index in [1.807, 2.05) is 43.0 Å². The van der Waals surface area contributed by atoms with Crippen molar-refractivity contribution in [3.63, 3.8) is 0 Å². The number of carbonyl (C=O) groups excluding carboxylic acids is 1. The van der Waals surface area contributed by atoms with Gasteiger partial charge in [-0.2, -0.15) is 11.8 Å². The number of H-pyrrole nitrogens is 1. The Morgan fingerprint density at radius 2 is 2.17 bits per heavy atom. The summed E-state index contributed by atoms with van der Waals surface area (Å²) in [7, 11) is 0. The van der Waals surface area contributed by atoms with E-state index in [-0.39, 0.29) is 11.6 Å². The van der Waals surface area contributed by atoms with Crippen LogP contribution in [0.2, 0.25) is 0 Å². The van der Waals surface area contributed by atoms with Crippen molar-refractivity contribution >= 4 is 23.4 Å². The fourth-order valence-corrected chi connectivity index (χ4v) is 4.13. The van der Waals surface area contributed by atoms with Crippen molar-refractivity contribution in [1.82, 2.24) is 9.55 Å². The molecular weight excluding hydrogens is 310 g/mol. The second kappa shape index (κ2) is 7.08. The number of nitrogens with zero attached hydrogens (tertiary/aromatic N) is 1. The molecule has 3 rings (SSSR count). The number of benzene rings is 1. The molecule has 2 heterocycles. The molecule has 0 unspecified atom stereocenters. The highest BCUT2D eigenvalue weighted by Crippen LogP contribution is 2.25. The molecule has 1 saturated heterocycles. The molecule has 2 N–H and O–H groups in total. The number of aromatic nitrogens is 2. The van der Waals surface area contributed by atoms with Crippen LogP contribution in [0.3, 0.4) is 0 Å². The lowest BCUT2D eigenvalue weighted by molar-refractivity contribution is -0.117. The molecule has 2 aromatic rings. The molecule has 0 spiro atoms. The van der Waals surface area contributed by atoms with E-state index in [4.69, 9.17) is 0 Å². The van der Waals surface area contributed by atoms with Crippen LogP contribution in [-0.4, -0.2) is 27.0 Å². The first-order valence-corrected chi connectivity index (χ1v) is 9.04. The molecule has 1 fully saturated rings. The summed E-state index contributed by atoms with van der Waals surface area (Å²) < 4.78 is 1.59. The minimum absolute atomic E-state index is 0.0530. The van der Waals surface area contributed by atoms with Gasteiger partial charge in [-0.15, -0.1) is 0 Å². The van der Waals surface area contributed by atoms with Crippen molar-refractivity contribution in [2.45, 2.75) is 26.2 Å². The van der Waals surface area contributed by atoms with Crippen LogP contribution in [0.5, 0.6) is 0 Å². The molecule has 0 bridgehead atoms. The second-order valence-electron chi connectivity index (χ2n) is 5.93. The number of aromatic amines is 1. The topological polar surface area (TPSA) is 66.9 Å². The molecule has 0 radical (unpaired) electrons. The molecular formula is C17H21N3O2S. The maximum absolute atomic E-state index is 12.2. The van der Waals surface area contributed by atoms with Crippen molar-refractivity contribution in [2.75, 3.05) is 16.8 Å². The van der Waals surface area contributed by atoms with Gasteiger partial charge in [-0.05, 0) is 55.4 Å². The molecule has 1 aromatic heterocycles. The maximum atomic E-state index is 12.2. The lowest BCUT2D eigenvalue weighted by Gasteiger charge is -2.20. The van der Waals surface area contributed by atoms with Gasteiger partial charge in [0.05, 0.1) is 5.69 Å². The molecule has 1 aromatic carbocycles. The highest BCUT2D eigenvalue weighted by molar-refractivity contribution is 7.99. The number of rotatable bonds is 4. The Bertz CT molecular complexity index is 744. The Balaban J connectivity index is 1.70. The number of anilines is 1. The van der Waals surface area contributed by atoms with Gasteiger partial charge in [0.2, 0.25) is 5.91 Å². The summed E-state index contributed by atoms with van der Waals surface area (Å²) in [5.74, 6) is 2.86. The van der Waals surface area contributed by atoms with Crippen LogP contribution in [0.4, 0.5) is 5.69 Å². The molecule has 1 aliphatic rings. The first-order valence-electron chi connectivity index (χ1n) is 7.88. The molecule has 0 aliphatic carbocycles. The summed E-state index contributed by atoms with van der Waals surface area (Å²) >= 11 is 1.97. The zero-order chi connectivity index (χ0) is 16.2. The molecule has 5 nitrogen and oxygen atoms in total. The zero-order valence-electron chi connectivity index (χ0n) is 13.2. The third-order valence-electron chi connectivity index (χ3n) is 4.16. The Morgan fingerprint density at radius 1 is 1.39 bits per heavy atom. The SMILES string of the molecule is Cc1c[nH]c(=O)n1-c1cccc(NC(=O)CC2CCSCC2)c1. The van der Waals surface area contributed by atoms with Gasteiger partial charge in [0.1, 0.15) is 0 Å². The lowest BCUT2D eigenvalue weighted by Crippen LogP contribution is -2.20. The molecule has 0 saturated carbocycles. The summed E-state index contributed by atoms with van der Waals surface area (Å²) in [5, 5.41) is 2.96. The quantitative estimate of drug-likeness (QED) is 0.905. The number of amides is 1. The highest BCUT2D eigenvalue weighted by Gasteiger charge is 2.17. The largest absolute Gasteiger partial charge is 0.330 e. The van der Waals surface area contributed by atoms with E-state index in [9.17, 15) is 9.59 Å². The number of thioether (sulfide) groups is 1. The van der Waals surface area contributed by atoms with Crippen LogP contribution in [0.15, 0.2) is 35.3 Å². The number of aryl methyl sites for hydroxylation is 1. The predicted octanol–water partition coefficient (Wildman–Crippen LogP) is 2.95. The first kappa shape index (κ1) is 15.9. The van der Waals surface area contributed by atoms with E-state index < -0.39 is 0 Å². The summed E-state index contributed by atoms with van der Waals surface area (Å²) in [4.78, 5) is 26.7. The Labute approximate surface area is 139 Å². The number of carbonyl (C=O) groups is 1. The highest BCUT2D eigenvalue weighted by atomic mass is 32.2. The normalized spacial score (nSPS) is 15.5. The fraction of sp³-hybridized carbons (Fsp3) is 0.412. The van der Waals surface area contributed by atoms with Crippen LogP contribution < -0.4 is 11.0 Å². The summed E-state index contributed by atoms with van der Waals surface area (Å²) in [6, 6.07) is 7.39. The van der Waals surface area contributed by atoms with Crippen LogP contribution in [0, 0.1) is 12.8 Å². The van der Waals surface area contributed by atoms with Crippen molar-refractivity contribution in [3.8, 4) is 5.69 Å². The van der Waals surface area contributed by atoms with Crippen molar-refractivity contribution < 1.29 is 4.79 Å². The Hall–Kier alpha value is -1.95.